The van der Waals surface area contributed by atoms with Gasteiger partial charge in [-0.15, -0.1) is 0 Å². The average Bonchev–Trinajstić information content (AvgIpc) is 3.17. The maximum atomic E-state index is 10.4. The SMILES string of the molecule is O=C(O)/C=C/C1CNc2ccccc21.OCCN1CCN(c2ccc(Cl)cc2)CC1. The number of nitrogens with zero attached hydrogens (tertiary/aromatic N) is 2. The van der Waals surface area contributed by atoms with Crippen molar-refractivity contribution in [1.82, 2.24) is 4.90 Å². The van der Waals surface area contributed by atoms with Crippen molar-refractivity contribution in [3.05, 3.63) is 71.3 Å². The number of β-amino-alcohol motifs (C(OH)–C–C–N with tert-alkyl or cyclic N) is 1. The van der Waals surface area contributed by atoms with Gasteiger partial charge in [-0.1, -0.05) is 35.9 Å². The van der Waals surface area contributed by atoms with E-state index in [4.69, 9.17) is 21.8 Å². The van der Waals surface area contributed by atoms with Crippen LogP contribution < -0.4 is 10.2 Å². The molecule has 2 aromatic carbocycles. The lowest BCUT2D eigenvalue weighted by Crippen LogP contribution is -2.47. The quantitative estimate of drug-likeness (QED) is 0.633. The molecule has 4 rings (SSSR count). The predicted octanol–water partition coefficient (Wildman–Crippen LogP) is 3.29. The van der Waals surface area contributed by atoms with E-state index in [1.54, 1.807) is 6.08 Å². The average molecular weight is 430 g/mol. The van der Waals surface area contributed by atoms with E-state index in [0.717, 1.165) is 50.0 Å². The number of para-hydroxylation sites is 1. The van der Waals surface area contributed by atoms with Crippen molar-refractivity contribution in [3.63, 3.8) is 0 Å². The van der Waals surface area contributed by atoms with E-state index < -0.39 is 5.97 Å². The zero-order valence-corrected chi connectivity index (χ0v) is 17.6. The van der Waals surface area contributed by atoms with Gasteiger partial charge >= 0.3 is 5.97 Å². The number of nitrogens with one attached hydrogen (secondary N) is 1. The number of aliphatic hydroxyl groups excluding tert-OH is 1. The summed E-state index contributed by atoms with van der Waals surface area (Å²) in [4.78, 5) is 15.0. The van der Waals surface area contributed by atoms with E-state index in [9.17, 15) is 4.79 Å². The third-order valence-corrected chi connectivity index (χ3v) is 5.58. The summed E-state index contributed by atoms with van der Waals surface area (Å²) in [6, 6.07) is 15.9. The number of rotatable bonds is 5. The number of halogens is 1. The first kappa shape index (κ1) is 22.2. The van der Waals surface area contributed by atoms with E-state index in [1.807, 2.05) is 36.4 Å². The Morgan fingerprint density at radius 1 is 1.10 bits per heavy atom. The normalized spacial score (nSPS) is 18.5. The summed E-state index contributed by atoms with van der Waals surface area (Å²) in [5.41, 5.74) is 3.51. The van der Waals surface area contributed by atoms with Crippen LogP contribution in [0.5, 0.6) is 0 Å². The molecule has 0 spiro atoms. The molecule has 1 saturated heterocycles. The van der Waals surface area contributed by atoms with Crippen molar-refractivity contribution >= 4 is 28.9 Å². The fourth-order valence-corrected chi connectivity index (χ4v) is 3.83. The highest BCUT2D eigenvalue weighted by atomic mass is 35.5. The number of piperazine rings is 1. The fraction of sp³-hybridized carbons (Fsp3) is 0.348. The minimum atomic E-state index is -0.894. The van der Waals surface area contributed by atoms with Crippen LogP contribution in [0.2, 0.25) is 5.02 Å². The predicted molar refractivity (Wildman–Crippen MR) is 122 cm³/mol. The van der Waals surface area contributed by atoms with Crippen molar-refractivity contribution in [2.45, 2.75) is 5.92 Å². The molecule has 0 radical (unpaired) electrons. The molecule has 0 bridgehead atoms. The monoisotopic (exact) mass is 429 g/mol. The summed E-state index contributed by atoms with van der Waals surface area (Å²) in [5, 5.41) is 21.4. The van der Waals surface area contributed by atoms with E-state index in [0.29, 0.717) is 0 Å². The molecule has 1 fully saturated rings. The van der Waals surface area contributed by atoms with Crippen LogP contribution in [0.15, 0.2) is 60.7 Å². The van der Waals surface area contributed by atoms with Crippen molar-refractivity contribution in [2.24, 2.45) is 0 Å². The minimum absolute atomic E-state index is 0.183. The number of fused-ring (bicyclic) bond motifs is 1. The molecular formula is C23H28ClN3O3. The molecule has 2 aromatic rings. The second-order valence-electron chi connectivity index (χ2n) is 7.30. The second-order valence-corrected chi connectivity index (χ2v) is 7.74. The van der Waals surface area contributed by atoms with Gasteiger partial charge in [-0.05, 0) is 35.9 Å². The maximum Gasteiger partial charge on any atom is 0.327 e. The molecule has 7 heteroatoms. The van der Waals surface area contributed by atoms with Crippen LogP contribution >= 0.6 is 11.6 Å². The molecule has 0 aliphatic carbocycles. The summed E-state index contributed by atoms with van der Waals surface area (Å²) < 4.78 is 0. The third-order valence-electron chi connectivity index (χ3n) is 5.32. The first-order valence-corrected chi connectivity index (χ1v) is 10.5. The topological polar surface area (TPSA) is 76.0 Å². The molecule has 2 heterocycles. The van der Waals surface area contributed by atoms with Crippen LogP contribution in [-0.4, -0.2) is 67.0 Å². The van der Waals surface area contributed by atoms with E-state index >= 15 is 0 Å². The second kappa shape index (κ2) is 11.0. The molecule has 160 valence electrons. The van der Waals surface area contributed by atoms with E-state index in [-0.39, 0.29) is 12.5 Å². The van der Waals surface area contributed by atoms with Gasteiger partial charge < -0.3 is 20.4 Å². The maximum absolute atomic E-state index is 10.4. The van der Waals surface area contributed by atoms with Crippen LogP contribution in [0, 0.1) is 0 Å². The Morgan fingerprint density at radius 3 is 2.47 bits per heavy atom. The number of carboxylic acid groups (broad SMARTS) is 1. The number of hydrogen-bond donors (Lipinski definition) is 3. The van der Waals surface area contributed by atoms with Crippen molar-refractivity contribution in [3.8, 4) is 0 Å². The Morgan fingerprint density at radius 2 is 1.80 bits per heavy atom. The zero-order chi connectivity index (χ0) is 21.3. The molecule has 30 heavy (non-hydrogen) atoms. The highest BCUT2D eigenvalue weighted by Crippen LogP contribution is 2.31. The van der Waals surface area contributed by atoms with E-state index in [2.05, 4.69) is 27.2 Å². The van der Waals surface area contributed by atoms with Crippen LogP contribution in [0.25, 0.3) is 0 Å². The molecule has 2 aliphatic rings. The molecule has 0 saturated carbocycles. The lowest BCUT2D eigenvalue weighted by Gasteiger charge is -2.35. The summed E-state index contributed by atoms with van der Waals surface area (Å²) in [6.45, 7) is 5.88. The van der Waals surface area contributed by atoms with Crippen LogP contribution in [0.1, 0.15) is 11.5 Å². The molecular weight excluding hydrogens is 402 g/mol. The Balaban J connectivity index is 0.000000172. The van der Waals surface area contributed by atoms with Gasteiger partial charge in [0.1, 0.15) is 0 Å². The first-order valence-electron chi connectivity index (χ1n) is 10.1. The molecule has 0 aromatic heterocycles. The summed E-state index contributed by atoms with van der Waals surface area (Å²) >= 11 is 5.86. The van der Waals surface area contributed by atoms with Crippen molar-refractivity contribution in [1.29, 1.82) is 0 Å². The number of anilines is 2. The molecule has 2 aliphatic heterocycles. The van der Waals surface area contributed by atoms with Gasteiger partial charge in [-0.2, -0.15) is 0 Å². The summed E-state index contributed by atoms with van der Waals surface area (Å²) in [5.74, 6) is -0.711. The van der Waals surface area contributed by atoms with Gasteiger partial charge in [0.15, 0.2) is 0 Å². The van der Waals surface area contributed by atoms with Gasteiger partial charge in [0.25, 0.3) is 0 Å². The van der Waals surface area contributed by atoms with E-state index in [1.165, 1.54) is 17.3 Å². The van der Waals surface area contributed by atoms with Crippen molar-refractivity contribution < 1.29 is 15.0 Å². The van der Waals surface area contributed by atoms with Crippen LogP contribution in [0.4, 0.5) is 11.4 Å². The summed E-state index contributed by atoms with van der Waals surface area (Å²) in [6.07, 6.45) is 2.93. The molecule has 6 nitrogen and oxygen atoms in total. The lowest BCUT2D eigenvalue weighted by atomic mass is 10.0. The number of aliphatic carboxylic acids is 1. The number of hydrogen-bond acceptors (Lipinski definition) is 5. The van der Waals surface area contributed by atoms with Crippen molar-refractivity contribution in [2.75, 3.05) is 56.1 Å². The Kier molecular flexibility index (Phi) is 8.13. The van der Waals surface area contributed by atoms with Gasteiger partial charge in [-0.3, -0.25) is 4.90 Å². The number of carbonyl (C=O) groups is 1. The Bertz CT molecular complexity index is 849. The van der Waals surface area contributed by atoms with Crippen LogP contribution in [0.3, 0.4) is 0 Å². The van der Waals surface area contributed by atoms with Gasteiger partial charge in [-0.25, -0.2) is 4.79 Å². The minimum Gasteiger partial charge on any atom is -0.478 e. The number of carboxylic acids is 1. The lowest BCUT2D eigenvalue weighted by molar-refractivity contribution is -0.131. The number of benzene rings is 2. The largest absolute Gasteiger partial charge is 0.478 e. The zero-order valence-electron chi connectivity index (χ0n) is 16.9. The smallest absolute Gasteiger partial charge is 0.327 e. The van der Waals surface area contributed by atoms with Crippen LogP contribution in [-0.2, 0) is 4.79 Å². The van der Waals surface area contributed by atoms with Gasteiger partial charge in [0, 0.05) is 67.7 Å². The van der Waals surface area contributed by atoms with Gasteiger partial charge in [0.2, 0.25) is 0 Å². The molecule has 0 amide bonds. The third kappa shape index (κ3) is 6.23. The molecule has 3 N–H and O–H groups in total. The molecule has 1 unspecified atom stereocenters. The summed E-state index contributed by atoms with van der Waals surface area (Å²) in [7, 11) is 0. The Labute approximate surface area is 182 Å². The highest BCUT2D eigenvalue weighted by Gasteiger charge is 2.19. The number of aliphatic hydroxyl groups is 1. The highest BCUT2D eigenvalue weighted by molar-refractivity contribution is 6.30. The Hall–Kier alpha value is -2.54. The fourth-order valence-electron chi connectivity index (χ4n) is 3.70. The first-order chi connectivity index (χ1) is 14.6. The van der Waals surface area contributed by atoms with Gasteiger partial charge in [0.05, 0.1) is 6.61 Å². The standard InChI is InChI=1S/C12H17ClN2O.C11H11NO2/c13-11-1-3-12(4-2-11)15-7-5-14(6-8-15)9-10-16;13-11(14)6-5-8-7-12-10-4-2-1-3-9(8)10/h1-4,16H,5-10H2;1-6,8,12H,7H2,(H,13,14)/b;6-5+. The molecule has 1 atom stereocenters.